The average molecular weight is 232 g/mol. The first-order valence-electron chi connectivity index (χ1n) is 6.33. The molecule has 1 unspecified atom stereocenters. The van der Waals surface area contributed by atoms with Gasteiger partial charge in [-0.05, 0) is 29.9 Å². The monoisotopic (exact) mass is 232 g/mol. The maximum Gasteiger partial charge on any atom is 0.238 e. The zero-order valence-electron chi connectivity index (χ0n) is 10.1. The van der Waals surface area contributed by atoms with Crippen LogP contribution in [0, 0.1) is 0 Å². The third kappa shape index (κ3) is 2.86. The lowest BCUT2D eigenvalue weighted by molar-refractivity contribution is -0.119. The van der Waals surface area contributed by atoms with E-state index in [0.717, 1.165) is 5.56 Å². The topological polar surface area (TPSA) is 69.1 Å². The number of carbonyl (C=O) groups is 1. The van der Waals surface area contributed by atoms with Gasteiger partial charge in [-0.1, -0.05) is 43.5 Å². The van der Waals surface area contributed by atoms with Gasteiger partial charge in [0.15, 0.2) is 0 Å². The first kappa shape index (κ1) is 12.1. The molecule has 0 aromatic heterocycles. The molecule has 1 aliphatic carbocycles. The molecule has 1 atom stereocenters. The fraction of sp³-hybridized carbons (Fsp3) is 0.500. The van der Waals surface area contributed by atoms with Crippen LogP contribution in [-0.2, 0) is 4.79 Å². The van der Waals surface area contributed by atoms with Crippen LogP contribution < -0.4 is 11.5 Å². The molecule has 0 spiro atoms. The fourth-order valence-corrected chi connectivity index (χ4v) is 2.58. The molecule has 1 aliphatic rings. The minimum absolute atomic E-state index is 0.476. The Hall–Kier alpha value is -1.35. The van der Waals surface area contributed by atoms with E-state index >= 15 is 0 Å². The van der Waals surface area contributed by atoms with E-state index in [1.165, 1.54) is 37.7 Å². The van der Waals surface area contributed by atoms with Crippen LogP contribution >= 0.6 is 0 Å². The van der Waals surface area contributed by atoms with Gasteiger partial charge in [-0.25, -0.2) is 0 Å². The Bertz CT molecular complexity index is 380. The Balaban J connectivity index is 2.09. The van der Waals surface area contributed by atoms with E-state index in [4.69, 9.17) is 11.5 Å². The highest BCUT2D eigenvalue weighted by atomic mass is 16.1. The van der Waals surface area contributed by atoms with E-state index < -0.39 is 11.9 Å². The highest BCUT2D eigenvalue weighted by molar-refractivity contribution is 5.81. The average Bonchev–Trinajstić information content (AvgIpc) is 2.39. The lowest BCUT2D eigenvalue weighted by atomic mass is 9.84. The molecule has 0 bridgehead atoms. The molecule has 0 radical (unpaired) electrons. The van der Waals surface area contributed by atoms with Gasteiger partial charge in [0.25, 0.3) is 0 Å². The minimum atomic E-state index is -0.685. The van der Waals surface area contributed by atoms with Gasteiger partial charge >= 0.3 is 0 Å². The van der Waals surface area contributed by atoms with Crippen molar-refractivity contribution in [2.24, 2.45) is 11.5 Å². The summed E-state index contributed by atoms with van der Waals surface area (Å²) >= 11 is 0. The van der Waals surface area contributed by atoms with E-state index in [9.17, 15) is 4.79 Å². The molecule has 0 saturated heterocycles. The van der Waals surface area contributed by atoms with Crippen LogP contribution in [0.15, 0.2) is 24.3 Å². The zero-order valence-corrected chi connectivity index (χ0v) is 10.1. The second kappa shape index (κ2) is 5.32. The standard InChI is InChI=1S/C14H20N2O/c15-13(14(16)17)12-8-6-11(7-9-12)10-4-2-1-3-5-10/h6-10,13H,1-5,15H2,(H2,16,17). The number of hydrogen-bond donors (Lipinski definition) is 2. The summed E-state index contributed by atoms with van der Waals surface area (Å²) in [5.74, 6) is 0.206. The SMILES string of the molecule is NC(=O)C(N)c1ccc(C2CCCCC2)cc1. The molecule has 1 aromatic rings. The van der Waals surface area contributed by atoms with Crippen LogP contribution in [0.5, 0.6) is 0 Å². The van der Waals surface area contributed by atoms with Crippen molar-refractivity contribution in [3.8, 4) is 0 Å². The number of benzene rings is 1. The van der Waals surface area contributed by atoms with Crippen molar-refractivity contribution in [2.75, 3.05) is 0 Å². The quantitative estimate of drug-likeness (QED) is 0.839. The van der Waals surface area contributed by atoms with E-state index in [1.54, 1.807) is 0 Å². The van der Waals surface area contributed by atoms with Gasteiger partial charge in [0, 0.05) is 0 Å². The van der Waals surface area contributed by atoms with Crippen molar-refractivity contribution in [3.63, 3.8) is 0 Å². The predicted octanol–water partition coefficient (Wildman–Crippen LogP) is 2.22. The van der Waals surface area contributed by atoms with Crippen LogP contribution in [-0.4, -0.2) is 5.91 Å². The summed E-state index contributed by atoms with van der Waals surface area (Å²) in [5, 5.41) is 0. The van der Waals surface area contributed by atoms with Crippen molar-refractivity contribution < 1.29 is 4.79 Å². The molecule has 0 heterocycles. The van der Waals surface area contributed by atoms with Gasteiger partial charge in [0.2, 0.25) is 5.91 Å². The molecule has 2 rings (SSSR count). The second-order valence-electron chi connectivity index (χ2n) is 4.88. The summed E-state index contributed by atoms with van der Waals surface area (Å²) in [7, 11) is 0. The van der Waals surface area contributed by atoms with Gasteiger partial charge in [-0.15, -0.1) is 0 Å². The predicted molar refractivity (Wildman–Crippen MR) is 68.4 cm³/mol. The third-order valence-electron chi connectivity index (χ3n) is 3.68. The fourth-order valence-electron chi connectivity index (χ4n) is 2.58. The first-order valence-corrected chi connectivity index (χ1v) is 6.33. The molecule has 3 nitrogen and oxygen atoms in total. The van der Waals surface area contributed by atoms with Crippen LogP contribution in [0.25, 0.3) is 0 Å². The first-order chi connectivity index (χ1) is 8.18. The highest BCUT2D eigenvalue weighted by Gasteiger charge is 2.16. The number of primary amides is 1. The summed E-state index contributed by atoms with van der Waals surface area (Å²) in [4.78, 5) is 11.0. The Morgan fingerprint density at radius 2 is 1.71 bits per heavy atom. The molecule has 17 heavy (non-hydrogen) atoms. The maximum atomic E-state index is 11.0. The van der Waals surface area contributed by atoms with Crippen LogP contribution in [0.1, 0.15) is 55.2 Å². The largest absolute Gasteiger partial charge is 0.368 e. The molecule has 0 aliphatic heterocycles. The minimum Gasteiger partial charge on any atom is -0.368 e. The Morgan fingerprint density at radius 1 is 1.12 bits per heavy atom. The Labute approximate surface area is 102 Å². The van der Waals surface area contributed by atoms with Gasteiger partial charge in [-0.3, -0.25) is 4.79 Å². The van der Waals surface area contributed by atoms with Gasteiger partial charge < -0.3 is 11.5 Å². The van der Waals surface area contributed by atoms with E-state index in [-0.39, 0.29) is 0 Å². The lowest BCUT2D eigenvalue weighted by Gasteiger charge is -2.22. The maximum absolute atomic E-state index is 11.0. The Kier molecular flexibility index (Phi) is 3.79. The number of amides is 1. The number of carbonyl (C=O) groups excluding carboxylic acids is 1. The van der Waals surface area contributed by atoms with Gasteiger partial charge in [-0.2, -0.15) is 0 Å². The number of nitrogens with two attached hydrogens (primary N) is 2. The van der Waals surface area contributed by atoms with Crippen molar-refractivity contribution in [2.45, 2.75) is 44.1 Å². The van der Waals surface area contributed by atoms with Crippen molar-refractivity contribution in [3.05, 3.63) is 35.4 Å². The summed E-state index contributed by atoms with van der Waals surface area (Å²) in [6, 6.07) is 7.36. The lowest BCUT2D eigenvalue weighted by Crippen LogP contribution is -2.28. The molecule has 3 heteroatoms. The number of hydrogen-bond acceptors (Lipinski definition) is 2. The Morgan fingerprint density at radius 3 is 2.24 bits per heavy atom. The van der Waals surface area contributed by atoms with Crippen LogP contribution in [0.2, 0.25) is 0 Å². The van der Waals surface area contributed by atoms with E-state index in [2.05, 4.69) is 12.1 Å². The van der Waals surface area contributed by atoms with Crippen molar-refractivity contribution in [1.82, 2.24) is 0 Å². The molecule has 1 saturated carbocycles. The van der Waals surface area contributed by atoms with Crippen molar-refractivity contribution in [1.29, 1.82) is 0 Å². The zero-order chi connectivity index (χ0) is 12.3. The molecule has 1 fully saturated rings. The van der Waals surface area contributed by atoms with Crippen LogP contribution in [0.3, 0.4) is 0 Å². The molecule has 1 amide bonds. The smallest absolute Gasteiger partial charge is 0.238 e. The van der Waals surface area contributed by atoms with Gasteiger partial charge in [0.05, 0.1) is 0 Å². The number of rotatable bonds is 3. The van der Waals surface area contributed by atoms with E-state index in [1.807, 2.05) is 12.1 Å². The second-order valence-corrected chi connectivity index (χ2v) is 4.88. The summed E-state index contributed by atoms with van der Waals surface area (Å²) in [6.07, 6.45) is 6.57. The van der Waals surface area contributed by atoms with Crippen molar-refractivity contribution >= 4 is 5.91 Å². The third-order valence-corrected chi connectivity index (χ3v) is 3.68. The summed E-state index contributed by atoms with van der Waals surface area (Å²) in [5.41, 5.74) is 13.0. The van der Waals surface area contributed by atoms with Gasteiger partial charge in [0.1, 0.15) is 6.04 Å². The van der Waals surface area contributed by atoms with Crippen LogP contribution in [0.4, 0.5) is 0 Å². The highest BCUT2D eigenvalue weighted by Crippen LogP contribution is 2.32. The molecule has 1 aromatic carbocycles. The molecular formula is C14H20N2O. The summed E-state index contributed by atoms with van der Waals surface area (Å²) < 4.78 is 0. The molecular weight excluding hydrogens is 212 g/mol. The normalized spacial score (nSPS) is 18.9. The summed E-state index contributed by atoms with van der Waals surface area (Å²) in [6.45, 7) is 0. The van der Waals surface area contributed by atoms with E-state index in [0.29, 0.717) is 5.92 Å². The molecule has 4 N–H and O–H groups in total. The molecule has 92 valence electrons.